The number of hydrogen-bond donors (Lipinski definition) is 0. The predicted molar refractivity (Wildman–Crippen MR) is 78.1 cm³/mol. The molecule has 4 nitrogen and oxygen atoms in total. The van der Waals surface area contributed by atoms with Gasteiger partial charge in [-0.25, -0.2) is 8.42 Å². The third-order valence-corrected chi connectivity index (χ3v) is 6.09. The van der Waals surface area contributed by atoms with Crippen LogP contribution < -0.4 is 0 Å². The maximum absolute atomic E-state index is 12.6. The van der Waals surface area contributed by atoms with Gasteiger partial charge in [0.2, 0.25) is 10.0 Å². The molecule has 0 aliphatic heterocycles. The highest BCUT2D eigenvalue weighted by Crippen LogP contribution is 2.26. The molecule has 1 aliphatic rings. The molecule has 0 N–H and O–H groups in total. The molecule has 0 heterocycles. The lowest BCUT2D eigenvalue weighted by molar-refractivity contribution is -0.120. The molecule has 0 atom stereocenters. The van der Waals surface area contributed by atoms with Crippen molar-refractivity contribution >= 4 is 15.8 Å². The Bertz CT molecular complexity index is 612. The minimum Gasteiger partial charge on any atom is -0.300 e. The first-order chi connectivity index (χ1) is 9.32. The number of ketones is 1. The van der Waals surface area contributed by atoms with E-state index in [9.17, 15) is 13.2 Å². The fourth-order valence-corrected chi connectivity index (χ4v) is 4.03. The lowest BCUT2D eigenvalue weighted by atomic mass is 9.95. The fourth-order valence-electron chi connectivity index (χ4n) is 2.53. The Morgan fingerprint density at radius 3 is 2.25 bits per heavy atom. The molecule has 5 heteroatoms. The SMILES string of the molecule is Cc1ccc(S(=O)(=O)N(C)C2CCC(=O)CC2)cc1C. The maximum atomic E-state index is 12.6. The molecule has 1 aliphatic carbocycles. The van der Waals surface area contributed by atoms with Gasteiger partial charge >= 0.3 is 0 Å². The number of aryl methyl sites for hydroxylation is 2. The molecule has 0 unspecified atom stereocenters. The van der Waals surface area contributed by atoms with Gasteiger partial charge in [0, 0.05) is 25.9 Å². The molecule has 0 radical (unpaired) electrons. The van der Waals surface area contributed by atoms with E-state index in [1.54, 1.807) is 19.2 Å². The lowest BCUT2D eigenvalue weighted by Crippen LogP contribution is -2.39. The number of carbonyl (C=O) groups excluding carboxylic acids is 1. The minimum absolute atomic E-state index is 0.0701. The van der Waals surface area contributed by atoms with Crippen LogP contribution in [0.1, 0.15) is 36.8 Å². The van der Waals surface area contributed by atoms with Gasteiger partial charge in [0.05, 0.1) is 4.90 Å². The summed E-state index contributed by atoms with van der Waals surface area (Å²) < 4.78 is 26.7. The van der Waals surface area contributed by atoms with Crippen LogP contribution in [0.3, 0.4) is 0 Å². The van der Waals surface area contributed by atoms with Crippen LogP contribution in [0.5, 0.6) is 0 Å². The number of benzene rings is 1. The number of nitrogens with zero attached hydrogens (tertiary/aromatic N) is 1. The molecular weight excluding hydrogens is 274 g/mol. The van der Waals surface area contributed by atoms with Crippen molar-refractivity contribution in [3.8, 4) is 0 Å². The standard InChI is InChI=1S/C15H21NO3S/c1-11-4-9-15(10-12(11)2)20(18,19)16(3)13-5-7-14(17)8-6-13/h4,9-10,13H,5-8H2,1-3H3. The van der Waals surface area contributed by atoms with Gasteiger partial charge in [0.15, 0.2) is 0 Å². The van der Waals surface area contributed by atoms with Crippen molar-refractivity contribution < 1.29 is 13.2 Å². The Morgan fingerprint density at radius 1 is 1.10 bits per heavy atom. The van der Waals surface area contributed by atoms with E-state index in [2.05, 4.69) is 0 Å². The Kier molecular flexibility index (Phi) is 4.30. The van der Waals surface area contributed by atoms with Gasteiger partial charge in [-0.15, -0.1) is 0 Å². The van der Waals surface area contributed by atoms with Crippen LogP contribution in [0, 0.1) is 13.8 Å². The Hall–Kier alpha value is -1.20. The minimum atomic E-state index is -3.47. The van der Waals surface area contributed by atoms with Gasteiger partial charge in [0.25, 0.3) is 0 Å². The summed E-state index contributed by atoms with van der Waals surface area (Å²) in [7, 11) is -1.86. The molecule has 0 saturated heterocycles. The first-order valence-electron chi connectivity index (χ1n) is 6.89. The summed E-state index contributed by atoms with van der Waals surface area (Å²) in [6.07, 6.45) is 2.22. The zero-order chi connectivity index (χ0) is 14.9. The van der Waals surface area contributed by atoms with E-state index in [0.717, 1.165) is 11.1 Å². The smallest absolute Gasteiger partial charge is 0.243 e. The monoisotopic (exact) mass is 295 g/mol. The number of hydrogen-bond acceptors (Lipinski definition) is 3. The zero-order valence-electron chi connectivity index (χ0n) is 12.2. The van der Waals surface area contributed by atoms with Crippen LogP contribution in [0.25, 0.3) is 0 Å². The van der Waals surface area contributed by atoms with E-state index in [1.807, 2.05) is 19.9 Å². The second-order valence-corrected chi connectivity index (χ2v) is 7.53. The average molecular weight is 295 g/mol. The summed E-state index contributed by atoms with van der Waals surface area (Å²) in [6.45, 7) is 3.87. The van der Waals surface area contributed by atoms with Crippen LogP contribution in [0.2, 0.25) is 0 Å². The fraction of sp³-hybridized carbons (Fsp3) is 0.533. The molecule has 0 aromatic heterocycles. The van der Waals surface area contributed by atoms with E-state index in [4.69, 9.17) is 0 Å². The van der Waals surface area contributed by atoms with Crippen LogP contribution in [-0.2, 0) is 14.8 Å². The molecule has 1 aromatic carbocycles. The van der Waals surface area contributed by atoms with Crippen molar-refractivity contribution in [1.82, 2.24) is 4.31 Å². The topological polar surface area (TPSA) is 54.5 Å². The molecule has 110 valence electrons. The number of Topliss-reactive ketones (excluding diaryl/α,β-unsaturated/α-hetero) is 1. The molecule has 0 spiro atoms. The second kappa shape index (κ2) is 5.66. The highest BCUT2D eigenvalue weighted by molar-refractivity contribution is 7.89. The van der Waals surface area contributed by atoms with Crippen molar-refractivity contribution in [2.24, 2.45) is 0 Å². The third-order valence-electron chi connectivity index (χ3n) is 4.18. The average Bonchev–Trinajstić information content (AvgIpc) is 2.41. The van der Waals surface area contributed by atoms with Crippen LogP contribution >= 0.6 is 0 Å². The van der Waals surface area contributed by atoms with E-state index in [-0.39, 0.29) is 11.8 Å². The highest BCUT2D eigenvalue weighted by atomic mass is 32.2. The second-order valence-electron chi connectivity index (χ2n) is 5.54. The third kappa shape index (κ3) is 2.94. The van der Waals surface area contributed by atoms with Gasteiger partial charge < -0.3 is 0 Å². The molecule has 0 bridgehead atoms. The summed E-state index contributed by atoms with van der Waals surface area (Å²) in [5.41, 5.74) is 2.05. The first kappa shape index (κ1) is 15.2. The number of rotatable bonds is 3. The van der Waals surface area contributed by atoms with Gasteiger partial charge in [-0.1, -0.05) is 6.07 Å². The summed E-state index contributed by atoms with van der Waals surface area (Å²) in [5.74, 6) is 0.234. The van der Waals surface area contributed by atoms with Crippen molar-refractivity contribution in [2.75, 3.05) is 7.05 Å². The maximum Gasteiger partial charge on any atom is 0.243 e. The zero-order valence-corrected chi connectivity index (χ0v) is 13.0. The lowest BCUT2D eigenvalue weighted by Gasteiger charge is -2.30. The number of sulfonamides is 1. The van der Waals surface area contributed by atoms with E-state index < -0.39 is 10.0 Å². The van der Waals surface area contributed by atoms with Crippen molar-refractivity contribution in [2.45, 2.75) is 50.5 Å². The molecule has 1 saturated carbocycles. The summed E-state index contributed by atoms with van der Waals surface area (Å²) >= 11 is 0. The molecule has 0 amide bonds. The van der Waals surface area contributed by atoms with Crippen molar-refractivity contribution in [1.29, 1.82) is 0 Å². The van der Waals surface area contributed by atoms with Crippen LogP contribution in [-0.4, -0.2) is 31.6 Å². The Balaban J connectivity index is 2.25. The predicted octanol–water partition coefficient (Wildman–Crippen LogP) is 2.44. The summed E-state index contributed by atoms with van der Waals surface area (Å²) in [5, 5.41) is 0. The molecule has 2 rings (SSSR count). The van der Waals surface area contributed by atoms with Crippen molar-refractivity contribution in [3.63, 3.8) is 0 Å². The van der Waals surface area contributed by atoms with Crippen LogP contribution in [0.15, 0.2) is 23.1 Å². The summed E-state index contributed by atoms with van der Waals surface area (Å²) in [6, 6.07) is 5.14. The Labute approximate surface area is 120 Å². The molecular formula is C15H21NO3S. The quantitative estimate of drug-likeness (QED) is 0.860. The Morgan fingerprint density at radius 2 is 1.70 bits per heavy atom. The van der Waals surface area contributed by atoms with E-state index >= 15 is 0 Å². The molecule has 1 aromatic rings. The normalized spacial score (nSPS) is 17.7. The molecule has 1 fully saturated rings. The van der Waals surface area contributed by atoms with Gasteiger partial charge in [-0.3, -0.25) is 4.79 Å². The van der Waals surface area contributed by atoms with Gasteiger partial charge in [0.1, 0.15) is 5.78 Å². The highest BCUT2D eigenvalue weighted by Gasteiger charge is 2.30. The van der Waals surface area contributed by atoms with Gasteiger partial charge in [-0.2, -0.15) is 4.31 Å². The van der Waals surface area contributed by atoms with Gasteiger partial charge in [-0.05, 0) is 49.9 Å². The molecule has 20 heavy (non-hydrogen) atoms. The van der Waals surface area contributed by atoms with E-state index in [0.29, 0.717) is 30.6 Å². The van der Waals surface area contributed by atoms with E-state index in [1.165, 1.54) is 4.31 Å². The summed E-state index contributed by atoms with van der Waals surface area (Å²) in [4.78, 5) is 11.6. The van der Waals surface area contributed by atoms with Crippen molar-refractivity contribution in [3.05, 3.63) is 29.3 Å². The largest absolute Gasteiger partial charge is 0.300 e. The van der Waals surface area contributed by atoms with Crippen LogP contribution in [0.4, 0.5) is 0 Å². The number of carbonyl (C=O) groups is 1. The first-order valence-corrected chi connectivity index (χ1v) is 8.33.